The van der Waals surface area contributed by atoms with E-state index in [-0.39, 0.29) is 29.4 Å². The average molecular weight is 354 g/mol. The number of nitrogen functional groups attached to an aromatic ring is 1. The largest absolute Gasteiger partial charge is 0.462 e. The molecule has 7 heteroatoms. The molecule has 21 heavy (non-hydrogen) atoms. The van der Waals surface area contributed by atoms with Crippen LogP contribution in [0.4, 0.5) is 21.6 Å². The number of rotatable bonds is 4. The first kappa shape index (κ1) is 15.2. The Balaban J connectivity index is 2.33. The van der Waals surface area contributed by atoms with Crippen LogP contribution in [0.5, 0.6) is 0 Å². The van der Waals surface area contributed by atoms with Crippen LogP contribution in [0.1, 0.15) is 17.3 Å². The normalized spacial score (nSPS) is 10.2. The number of nitrogens with two attached hydrogens (primary N) is 1. The Morgan fingerprint density at radius 1 is 1.52 bits per heavy atom. The topological polar surface area (TPSA) is 77.2 Å². The lowest BCUT2D eigenvalue weighted by Gasteiger charge is -2.11. The number of nitrogens with zero attached hydrogens (tertiary/aromatic N) is 1. The molecule has 3 N–H and O–H groups in total. The molecule has 0 spiro atoms. The summed E-state index contributed by atoms with van der Waals surface area (Å²) >= 11 is 3.24. The van der Waals surface area contributed by atoms with E-state index in [0.29, 0.717) is 4.47 Å². The number of nitrogens with one attached hydrogen (secondary N) is 1. The van der Waals surface area contributed by atoms with Crippen molar-refractivity contribution >= 4 is 39.1 Å². The summed E-state index contributed by atoms with van der Waals surface area (Å²) in [5.41, 5.74) is 6.31. The first-order valence-electron chi connectivity index (χ1n) is 6.16. The summed E-state index contributed by atoms with van der Waals surface area (Å²) < 4.78 is 19.2. The van der Waals surface area contributed by atoms with Crippen molar-refractivity contribution in [2.75, 3.05) is 17.7 Å². The summed E-state index contributed by atoms with van der Waals surface area (Å²) in [4.78, 5) is 15.8. The number of aromatic nitrogens is 1. The highest BCUT2D eigenvalue weighted by molar-refractivity contribution is 9.10. The lowest BCUT2D eigenvalue weighted by Crippen LogP contribution is -2.09. The maximum atomic E-state index is 13.8. The molecule has 1 heterocycles. The zero-order valence-corrected chi connectivity index (χ0v) is 12.8. The van der Waals surface area contributed by atoms with E-state index in [0.717, 1.165) is 0 Å². The lowest BCUT2D eigenvalue weighted by atomic mass is 10.2. The molecular formula is C14H13BrFN3O2. The van der Waals surface area contributed by atoms with Crippen molar-refractivity contribution in [3.63, 3.8) is 0 Å². The number of carbonyl (C=O) groups excluding carboxylic acids is 1. The van der Waals surface area contributed by atoms with E-state index in [1.807, 2.05) is 0 Å². The van der Waals surface area contributed by atoms with Gasteiger partial charge in [-0.1, -0.05) is 6.07 Å². The van der Waals surface area contributed by atoms with E-state index in [2.05, 4.69) is 26.2 Å². The number of esters is 1. The van der Waals surface area contributed by atoms with Crippen LogP contribution in [0.15, 0.2) is 34.9 Å². The summed E-state index contributed by atoms with van der Waals surface area (Å²) in [7, 11) is 0. The molecule has 5 nitrogen and oxygen atoms in total. The van der Waals surface area contributed by atoms with Crippen LogP contribution in [0.2, 0.25) is 0 Å². The molecule has 0 unspecified atom stereocenters. The van der Waals surface area contributed by atoms with E-state index in [4.69, 9.17) is 10.5 Å². The van der Waals surface area contributed by atoms with Gasteiger partial charge in [-0.2, -0.15) is 0 Å². The zero-order valence-electron chi connectivity index (χ0n) is 11.2. The quantitative estimate of drug-likeness (QED) is 0.822. The summed E-state index contributed by atoms with van der Waals surface area (Å²) in [5, 5.41) is 2.81. The summed E-state index contributed by atoms with van der Waals surface area (Å²) in [6, 6.07) is 6.00. The van der Waals surface area contributed by atoms with Gasteiger partial charge < -0.3 is 15.8 Å². The van der Waals surface area contributed by atoms with Gasteiger partial charge in [0.1, 0.15) is 11.6 Å². The van der Waals surface area contributed by atoms with Crippen LogP contribution >= 0.6 is 15.9 Å². The van der Waals surface area contributed by atoms with Crippen LogP contribution in [0.25, 0.3) is 0 Å². The number of ether oxygens (including phenoxy) is 1. The van der Waals surface area contributed by atoms with Crippen LogP contribution in [0, 0.1) is 5.82 Å². The number of hydrogen-bond donors (Lipinski definition) is 2. The Morgan fingerprint density at radius 2 is 2.29 bits per heavy atom. The Kier molecular flexibility index (Phi) is 4.74. The molecule has 0 atom stereocenters. The average Bonchev–Trinajstić information content (AvgIpc) is 2.45. The fourth-order valence-electron chi connectivity index (χ4n) is 1.67. The van der Waals surface area contributed by atoms with Crippen LogP contribution in [0.3, 0.4) is 0 Å². The lowest BCUT2D eigenvalue weighted by molar-refractivity contribution is 0.0527. The van der Waals surface area contributed by atoms with Gasteiger partial charge in [-0.05, 0) is 41.1 Å². The number of pyridine rings is 1. The molecule has 0 aliphatic rings. The van der Waals surface area contributed by atoms with E-state index in [9.17, 15) is 9.18 Å². The minimum Gasteiger partial charge on any atom is -0.462 e. The van der Waals surface area contributed by atoms with Gasteiger partial charge in [-0.25, -0.2) is 14.2 Å². The molecule has 2 rings (SSSR count). The van der Waals surface area contributed by atoms with Crippen molar-refractivity contribution in [3.05, 3.63) is 46.3 Å². The summed E-state index contributed by atoms with van der Waals surface area (Å²) in [6.07, 6.45) is 1.32. The maximum absolute atomic E-state index is 13.8. The van der Waals surface area contributed by atoms with E-state index < -0.39 is 11.8 Å². The molecule has 0 saturated carbocycles. The van der Waals surface area contributed by atoms with Gasteiger partial charge in [0.25, 0.3) is 0 Å². The first-order valence-corrected chi connectivity index (χ1v) is 6.96. The number of hydrogen-bond acceptors (Lipinski definition) is 5. The third-order valence-corrected chi connectivity index (χ3v) is 3.31. The maximum Gasteiger partial charge on any atom is 0.340 e. The van der Waals surface area contributed by atoms with Gasteiger partial charge in [0.2, 0.25) is 0 Å². The van der Waals surface area contributed by atoms with E-state index >= 15 is 0 Å². The van der Waals surface area contributed by atoms with Gasteiger partial charge in [-0.3, -0.25) is 0 Å². The zero-order chi connectivity index (χ0) is 15.4. The second-order valence-electron chi connectivity index (χ2n) is 4.10. The van der Waals surface area contributed by atoms with Gasteiger partial charge in [-0.15, -0.1) is 0 Å². The van der Waals surface area contributed by atoms with Gasteiger partial charge in [0.05, 0.1) is 29.7 Å². The van der Waals surface area contributed by atoms with Crippen molar-refractivity contribution in [2.45, 2.75) is 6.92 Å². The van der Waals surface area contributed by atoms with Crippen LogP contribution in [-0.2, 0) is 4.74 Å². The monoisotopic (exact) mass is 353 g/mol. The first-order chi connectivity index (χ1) is 10.0. The molecule has 0 radical (unpaired) electrons. The predicted molar refractivity (Wildman–Crippen MR) is 82.0 cm³/mol. The Morgan fingerprint density at radius 3 is 2.95 bits per heavy atom. The summed E-state index contributed by atoms with van der Waals surface area (Å²) in [5.74, 6) is -0.702. The molecule has 0 fully saturated rings. The number of anilines is 3. The Hall–Kier alpha value is -2.15. The molecule has 2 aromatic rings. The molecule has 1 aromatic carbocycles. The van der Waals surface area contributed by atoms with Gasteiger partial charge >= 0.3 is 5.97 Å². The van der Waals surface area contributed by atoms with Gasteiger partial charge in [0, 0.05) is 4.47 Å². The Bertz CT molecular complexity index is 659. The third-order valence-electron chi connectivity index (χ3n) is 2.65. The molecule has 0 amide bonds. The molecule has 0 aliphatic carbocycles. The van der Waals surface area contributed by atoms with Crippen molar-refractivity contribution in [1.29, 1.82) is 0 Å². The highest BCUT2D eigenvalue weighted by atomic mass is 79.9. The van der Waals surface area contributed by atoms with Crippen LogP contribution < -0.4 is 11.1 Å². The molecule has 0 aliphatic heterocycles. The highest BCUT2D eigenvalue weighted by Gasteiger charge is 2.14. The van der Waals surface area contributed by atoms with E-state index in [1.54, 1.807) is 19.1 Å². The van der Waals surface area contributed by atoms with Crippen LogP contribution in [-0.4, -0.2) is 17.6 Å². The van der Waals surface area contributed by atoms with Crippen molar-refractivity contribution < 1.29 is 13.9 Å². The fraction of sp³-hybridized carbons (Fsp3) is 0.143. The number of para-hydroxylation sites is 1. The second-order valence-corrected chi connectivity index (χ2v) is 4.95. The molecule has 110 valence electrons. The number of carbonyl (C=O) groups is 1. The number of benzene rings is 1. The minimum absolute atomic E-state index is 0.182. The van der Waals surface area contributed by atoms with Gasteiger partial charge in [0.15, 0.2) is 0 Å². The second kappa shape index (κ2) is 6.53. The molecule has 0 saturated heterocycles. The SMILES string of the molecule is CCOC(=O)c1cc(Nc2c(F)cccc2Br)ncc1N. The predicted octanol–water partition coefficient (Wildman–Crippen LogP) is 3.49. The fourth-order valence-corrected chi connectivity index (χ4v) is 2.11. The highest BCUT2D eigenvalue weighted by Crippen LogP contribution is 2.28. The third kappa shape index (κ3) is 3.49. The number of halogens is 2. The molecular weight excluding hydrogens is 341 g/mol. The van der Waals surface area contributed by atoms with E-state index in [1.165, 1.54) is 18.3 Å². The Labute approximate surface area is 129 Å². The van der Waals surface area contributed by atoms with Crippen molar-refractivity contribution in [2.24, 2.45) is 0 Å². The molecule has 0 bridgehead atoms. The van der Waals surface area contributed by atoms with Crippen molar-refractivity contribution in [3.8, 4) is 0 Å². The standard InChI is InChI=1S/C14H13BrFN3O2/c1-2-21-14(20)8-6-12(18-7-11(8)17)19-13-9(15)4-3-5-10(13)16/h3-7H,2,17H2,1H3,(H,18,19). The molecule has 1 aromatic heterocycles. The summed E-state index contributed by atoms with van der Waals surface area (Å²) in [6.45, 7) is 1.94. The van der Waals surface area contributed by atoms with Crippen molar-refractivity contribution in [1.82, 2.24) is 4.98 Å². The smallest absolute Gasteiger partial charge is 0.340 e. The minimum atomic E-state index is -0.548.